The highest BCUT2D eigenvalue weighted by Crippen LogP contribution is 2.27. The van der Waals surface area contributed by atoms with Gasteiger partial charge < -0.3 is 15.5 Å². The van der Waals surface area contributed by atoms with Gasteiger partial charge >= 0.3 is 0 Å². The van der Waals surface area contributed by atoms with Gasteiger partial charge in [-0.15, -0.1) is 35.3 Å². The first kappa shape index (κ1) is 23.9. The molecule has 0 spiro atoms. The lowest BCUT2D eigenvalue weighted by molar-refractivity contribution is 0.249. The number of rotatable bonds is 9. The first-order valence-corrected chi connectivity index (χ1v) is 11.7. The van der Waals surface area contributed by atoms with Crippen LogP contribution >= 0.6 is 35.3 Å². The van der Waals surface area contributed by atoms with E-state index in [0.29, 0.717) is 12.0 Å². The predicted molar refractivity (Wildman–Crippen MR) is 132 cm³/mol. The summed E-state index contributed by atoms with van der Waals surface area (Å²) in [7, 11) is 0. The summed E-state index contributed by atoms with van der Waals surface area (Å²) in [6.07, 6.45) is 5.37. The van der Waals surface area contributed by atoms with Crippen molar-refractivity contribution in [3.8, 4) is 0 Å². The molecule has 0 amide bonds. The molecule has 160 valence electrons. The van der Waals surface area contributed by atoms with Gasteiger partial charge in [-0.3, -0.25) is 9.89 Å². The number of thiophene rings is 1. The van der Waals surface area contributed by atoms with Crippen LogP contribution in [0.5, 0.6) is 0 Å². The monoisotopic (exact) mass is 519 g/mol. The molecule has 2 saturated heterocycles. The molecule has 5 nitrogen and oxygen atoms in total. The van der Waals surface area contributed by atoms with Crippen molar-refractivity contribution >= 4 is 41.3 Å². The summed E-state index contributed by atoms with van der Waals surface area (Å²) >= 11 is 1.87. The molecule has 2 atom stereocenters. The summed E-state index contributed by atoms with van der Waals surface area (Å²) in [5.74, 6) is 1.57. The van der Waals surface area contributed by atoms with Gasteiger partial charge in [0.15, 0.2) is 5.96 Å². The van der Waals surface area contributed by atoms with Gasteiger partial charge in [0.05, 0.1) is 6.04 Å². The molecular weight excluding hydrogens is 481 g/mol. The van der Waals surface area contributed by atoms with Crippen molar-refractivity contribution in [2.75, 3.05) is 52.4 Å². The molecule has 0 saturated carbocycles. The van der Waals surface area contributed by atoms with E-state index >= 15 is 0 Å². The van der Waals surface area contributed by atoms with Gasteiger partial charge in [-0.1, -0.05) is 13.0 Å². The van der Waals surface area contributed by atoms with Gasteiger partial charge in [0.25, 0.3) is 0 Å². The normalized spacial score (nSPS) is 20.7. The maximum atomic E-state index is 4.89. The molecule has 0 bridgehead atoms. The quantitative estimate of drug-likeness (QED) is 0.296. The van der Waals surface area contributed by atoms with Gasteiger partial charge in [0, 0.05) is 31.1 Å². The van der Waals surface area contributed by atoms with E-state index in [0.717, 1.165) is 25.6 Å². The molecule has 2 aliphatic heterocycles. The third-order valence-corrected chi connectivity index (χ3v) is 6.56. The SMILES string of the molecule is CCNC(=NCC(C)CN1CCCC1)NCC(c1cccs1)N1CCCC1.I. The minimum absolute atomic E-state index is 0. The molecule has 3 rings (SSSR count). The molecule has 0 aromatic carbocycles. The van der Waals surface area contributed by atoms with E-state index in [1.807, 2.05) is 11.3 Å². The van der Waals surface area contributed by atoms with Crippen molar-refractivity contribution in [1.29, 1.82) is 0 Å². The first-order valence-electron chi connectivity index (χ1n) is 10.8. The smallest absolute Gasteiger partial charge is 0.191 e. The topological polar surface area (TPSA) is 42.9 Å². The van der Waals surface area contributed by atoms with E-state index < -0.39 is 0 Å². The zero-order valence-electron chi connectivity index (χ0n) is 17.5. The zero-order valence-corrected chi connectivity index (χ0v) is 20.7. The molecule has 2 aliphatic rings. The highest BCUT2D eigenvalue weighted by molar-refractivity contribution is 14.0. The third kappa shape index (κ3) is 7.46. The number of likely N-dealkylation sites (tertiary alicyclic amines) is 2. The van der Waals surface area contributed by atoms with Crippen LogP contribution in [0.2, 0.25) is 0 Å². The Bertz CT molecular complexity index is 553. The summed E-state index contributed by atoms with van der Waals surface area (Å²) < 4.78 is 0. The maximum absolute atomic E-state index is 4.89. The minimum Gasteiger partial charge on any atom is -0.357 e. The molecule has 1 aromatic heterocycles. The summed E-state index contributed by atoms with van der Waals surface area (Å²) in [6, 6.07) is 4.90. The average Bonchev–Trinajstić information content (AvgIpc) is 3.42. The van der Waals surface area contributed by atoms with Gasteiger partial charge in [-0.2, -0.15) is 0 Å². The van der Waals surface area contributed by atoms with Crippen molar-refractivity contribution in [3.63, 3.8) is 0 Å². The van der Waals surface area contributed by atoms with Crippen molar-refractivity contribution in [3.05, 3.63) is 22.4 Å². The molecular formula is C21H38IN5S. The van der Waals surface area contributed by atoms with Gasteiger partial charge in [-0.25, -0.2) is 0 Å². The van der Waals surface area contributed by atoms with E-state index in [2.05, 4.69) is 51.8 Å². The fraction of sp³-hybridized carbons (Fsp3) is 0.762. The maximum Gasteiger partial charge on any atom is 0.191 e. The number of nitrogens with zero attached hydrogens (tertiary/aromatic N) is 3. The first-order chi connectivity index (χ1) is 13.3. The number of aliphatic imine (C=N–C) groups is 1. The van der Waals surface area contributed by atoms with Crippen LogP contribution < -0.4 is 10.6 Å². The Balaban J connectivity index is 0.00000280. The number of guanidine groups is 1. The lowest BCUT2D eigenvalue weighted by Crippen LogP contribution is -2.42. The molecule has 0 radical (unpaired) electrons. The second-order valence-corrected chi connectivity index (χ2v) is 8.97. The molecule has 2 unspecified atom stereocenters. The van der Waals surface area contributed by atoms with Gasteiger partial charge in [-0.05, 0) is 76.2 Å². The fourth-order valence-corrected chi connectivity index (χ4v) is 5.05. The van der Waals surface area contributed by atoms with Gasteiger partial charge in [0.1, 0.15) is 0 Å². The Morgan fingerprint density at radius 2 is 1.86 bits per heavy atom. The van der Waals surface area contributed by atoms with Crippen LogP contribution in [0, 0.1) is 5.92 Å². The third-order valence-electron chi connectivity index (χ3n) is 5.59. The van der Waals surface area contributed by atoms with Crippen LogP contribution in [0.4, 0.5) is 0 Å². The van der Waals surface area contributed by atoms with Crippen LogP contribution in [0.1, 0.15) is 50.4 Å². The summed E-state index contributed by atoms with van der Waals surface area (Å²) in [4.78, 5) is 11.6. The Hall–Kier alpha value is -0.380. The lowest BCUT2D eigenvalue weighted by atomic mass is 10.2. The molecule has 7 heteroatoms. The number of nitrogens with one attached hydrogen (secondary N) is 2. The van der Waals surface area contributed by atoms with Crippen LogP contribution in [0.3, 0.4) is 0 Å². The molecule has 3 heterocycles. The molecule has 1 aromatic rings. The molecule has 0 aliphatic carbocycles. The number of hydrogen-bond acceptors (Lipinski definition) is 4. The van der Waals surface area contributed by atoms with E-state index in [4.69, 9.17) is 4.99 Å². The lowest BCUT2D eigenvalue weighted by Gasteiger charge is -2.27. The Morgan fingerprint density at radius 1 is 1.14 bits per heavy atom. The van der Waals surface area contributed by atoms with Crippen LogP contribution in [-0.4, -0.2) is 68.1 Å². The van der Waals surface area contributed by atoms with Gasteiger partial charge in [0.2, 0.25) is 0 Å². The molecule has 2 fully saturated rings. The second-order valence-electron chi connectivity index (χ2n) is 7.99. The number of halogens is 1. The van der Waals surface area contributed by atoms with Crippen molar-refractivity contribution in [2.45, 2.75) is 45.6 Å². The van der Waals surface area contributed by atoms with E-state index in [9.17, 15) is 0 Å². The fourth-order valence-electron chi connectivity index (χ4n) is 4.19. The largest absolute Gasteiger partial charge is 0.357 e. The average molecular weight is 520 g/mol. The second kappa shape index (κ2) is 13.0. The molecule has 28 heavy (non-hydrogen) atoms. The summed E-state index contributed by atoms with van der Waals surface area (Å²) in [5.41, 5.74) is 0. The highest BCUT2D eigenvalue weighted by atomic mass is 127. The molecule has 2 N–H and O–H groups in total. The Kier molecular flexibility index (Phi) is 11.1. The minimum atomic E-state index is 0. The Labute approximate surface area is 192 Å². The van der Waals surface area contributed by atoms with Crippen LogP contribution in [-0.2, 0) is 0 Å². The van der Waals surface area contributed by atoms with Crippen LogP contribution in [0.15, 0.2) is 22.5 Å². The Morgan fingerprint density at radius 3 is 2.50 bits per heavy atom. The van der Waals surface area contributed by atoms with E-state index in [-0.39, 0.29) is 24.0 Å². The summed E-state index contributed by atoms with van der Waals surface area (Å²) in [6.45, 7) is 13.3. The number of hydrogen-bond donors (Lipinski definition) is 2. The van der Waals surface area contributed by atoms with E-state index in [1.165, 1.54) is 63.3 Å². The van der Waals surface area contributed by atoms with Crippen molar-refractivity contribution in [1.82, 2.24) is 20.4 Å². The van der Waals surface area contributed by atoms with E-state index in [1.54, 1.807) is 0 Å². The van der Waals surface area contributed by atoms with Crippen molar-refractivity contribution < 1.29 is 0 Å². The highest BCUT2D eigenvalue weighted by Gasteiger charge is 2.24. The zero-order chi connectivity index (χ0) is 18.9. The predicted octanol–water partition coefficient (Wildman–Crippen LogP) is 3.79. The summed E-state index contributed by atoms with van der Waals surface area (Å²) in [5, 5.41) is 9.25. The van der Waals surface area contributed by atoms with Crippen molar-refractivity contribution in [2.24, 2.45) is 10.9 Å². The standard InChI is InChI=1S/C21H37N5S.HI/c1-3-22-21(23-15-18(2)17-25-10-4-5-11-25)24-16-19(20-9-8-14-27-20)26-12-6-7-13-26;/h8-9,14,18-19H,3-7,10-13,15-17H2,1-2H3,(H2,22,23,24);1H. The van der Waals surface area contributed by atoms with Crippen LogP contribution in [0.25, 0.3) is 0 Å².